The van der Waals surface area contributed by atoms with Gasteiger partial charge in [-0.1, -0.05) is 18.2 Å². The van der Waals surface area contributed by atoms with Crippen molar-refractivity contribution >= 4 is 23.3 Å². The Bertz CT molecular complexity index is 300. The molecule has 0 radical (unpaired) electrons. The molecule has 2 atom stereocenters. The fourth-order valence-corrected chi connectivity index (χ4v) is 3.97. The van der Waals surface area contributed by atoms with Crippen LogP contribution in [0.5, 0.6) is 0 Å². The Kier molecular flexibility index (Phi) is 3.41. The first kappa shape index (κ1) is 10.4. The van der Waals surface area contributed by atoms with Gasteiger partial charge in [0.05, 0.1) is 0 Å². The standard InChI is InChI=1S/C9H15N3S2/c1-6-11-9(14-12-6)13-8-4-2-3-7(10)5-8/h7-8H,2-5,10H2,1H3. The van der Waals surface area contributed by atoms with Gasteiger partial charge in [0.1, 0.15) is 5.82 Å². The number of nitrogens with zero attached hydrogens (tertiary/aromatic N) is 2. The molecule has 1 aliphatic rings. The predicted octanol–water partition coefficient (Wildman–Crippen LogP) is 2.21. The number of hydrogen-bond donors (Lipinski definition) is 1. The maximum absolute atomic E-state index is 5.94. The zero-order valence-corrected chi connectivity index (χ0v) is 9.90. The largest absolute Gasteiger partial charge is 0.328 e. The molecule has 1 aromatic rings. The lowest BCUT2D eigenvalue weighted by atomic mass is 9.96. The van der Waals surface area contributed by atoms with Crippen LogP contribution in [0.4, 0.5) is 0 Å². The zero-order chi connectivity index (χ0) is 9.97. The summed E-state index contributed by atoms with van der Waals surface area (Å²) in [6.07, 6.45) is 4.85. The first-order valence-corrected chi connectivity index (χ1v) is 6.62. The highest BCUT2D eigenvalue weighted by Crippen LogP contribution is 2.33. The lowest BCUT2D eigenvalue weighted by Gasteiger charge is -2.24. The number of hydrogen-bond acceptors (Lipinski definition) is 5. The summed E-state index contributed by atoms with van der Waals surface area (Å²) in [5.74, 6) is 0.887. The monoisotopic (exact) mass is 229 g/mol. The van der Waals surface area contributed by atoms with Crippen LogP contribution >= 0.6 is 23.3 Å². The first-order valence-electron chi connectivity index (χ1n) is 4.96. The van der Waals surface area contributed by atoms with Crippen molar-refractivity contribution < 1.29 is 0 Å². The van der Waals surface area contributed by atoms with Crippen molar-refractivity contribution in [3.05, 3.63) is 5.82 Å². The van der Waals surface area contributed by atoms with E-state index >= 15 is 0 Å². The molecule has 78 valence electrons. The summed E-state index contributed by atoms with van der Waals surface area (Å²) in [6.45, 7) is 1.94. The minimum absolute atomic E-state index is 0.398. The van der Waals surface area contributed by atoms with Crippen molar-refractivity contribution in [1.29, 1.82) is 0 Å². The lowest BCUT2D eigenvalue weighted by Crippen LogP contribution is -2.29. The van der Waals surface area contributed by atoms with Crippen LogP contribution < -0.4 is 5.73 Å². The maximum Gasteiger partial charge on any atom is 0.170 e. The van der Waals surface area contributed by atoms with Gasteiger partial charge >= 0.3 is 0 Å². The van der Waals surface area contributed by atoms with E-state index in [4.69, 9.17) is 5.73 Å². The minimum Gasteiger partial charge on any atom is -0.328 e. The number of aryl methyl sites for hydroxylation is 1. The van der Waals surface area contributed by atoms with E-state index < -0.39 is 0 Å². The van der Waals surface area contributed by atoms with Crippen molar-refractivity contribution in [3.8, 4) is 0 Å². The van der Waals surface area contributed by atoms with Crippen LogP contribution in [0, 0.1) is 6.92 Å². The molecular weight excluding hydrogens is 214 g/mol. The number of nitrogens with two attached hydrogens (primary N) is 1. The average molecular weight is 229 g/mol. The molecule has 1 aliphatic carbocycles. The number of rotatable bonds is 2. The molecule has 0 aromatic carbocycles. The van der Waals surface area contributed by atoms with Gasteiger partial charge < -0.3 is 5.73 Å². The van der Waals surface area contributed by atoms with Gasteiger partial charge in [-0.05, 0) is 37.7 Å². The molecule has 14 heavy (non-hydrogen) atoms. The highest BCUT2D eigenvalue weighted by atomic mass is 32.2. The second-order valence-corrected chi connectivity index (χ2v) is 6.07. The third-order valence-corrected chi connectivity index (χ3v) is 4.61. The Balaban J connectivity index is 1.90. The second kappa shape index (κ2) is 4.59. The fourth-order valence-electron chi connectivity index (χ4n) is 1.76. The van der Waals surface area contributed by atoms with Crippen molar-refractivity contribution in [1.82, 2.24) is 9.36 Å². The van der Waals surface area contributed by atoms with E-state index in [0.29, 0.717) is 11.3 Å². The molecule has 2 rings (SSSR count). The predicted molar refractivity (Wildman–Crippen MR) is 60.7 cm³/mol. The summed E-state index contributed by atoms with van der Waals surface area (Å²) >= 11 is 3.36. The van der Waals surface area contributed by atoms with Crippen LogP contribution in [0.3, 0.4) is 0 Å². The molecule has 3 nitrogen and oxygen atoms in total. The van der Waals surface area contributed by atoms with Crippen LogP contribution in [-0.4, -0.2) is 20.6 Å². The third-order valence-electron chi connectivity index (χ3n) is 2.44. The van der Waals surface area contributed by atoms with Crippen LogP contribution in [0.1, 0.15) is 31.5 Å². The molecule has 1 fully saturated rings. The highest BCUT2D eigenvalue weighted by Gasteiger charge is 2.21. The summed E-state index contributed by atoms with van der Waals surface area (Å²) in [5, 5.41) is 0.658. The fraction of sp³-hybridized carbons (Fsp3) is 0.778. The molecule has 2 N–H and O–H groups in total. The van der Waals surface area contributed by atoms with E-state index in [1.54, 1.807) is 0 Å². The van der Waals surface area contributed by atoms with Crippen LogP contribution in [0.2, 0.25) is 0 Å². The van der Waals surface area contributed by atoms with Crippen LogP contribution in [0.25, 0.3) is 0 Å². The Hall–Kier alpha value is -0.130. The zero-order valence-electron chi connectivity index (χ0n) is 8.27. The summed E-state index contributed by atoms with van der Waals surface area (Å²) in [4.78, 5) is 4.36. The van der Waals surface area contributed by atoms with E-state index in [0.717, 1.165) is 16.6 Å². The van der Waals surface area contributed by atoms with Gasteiger partial charge in [0.15, 0.2) is 4.34 Å². The molecule has 0 spiro atoms. The van der Waals surface area contributed by atoms with Gasteiger partial charge in [0.25, 0.3) is 0 Å². The summed E-state index contributed by atoms with van der Waals surface area (Å²) < 4.78 is 5.28. The van der Waals surface area contributed by atoms with E-state index in [1.165, 1.54) is 30.8 Å². The maximum atomic E-state index is 5.94. The molecule has 0 bridgehead atoms. The molecule has 2 unspecified atom stereocenters. The lowest BCUT2D eigenvalue weighted by molar-refractivity contribution is 0.451. The molecular formula is C9H15N3S2. The smallest absolute Gasteiger partial charge is 0.170 e. The van der Waals surface area contributed by atoms with Crippen molar-refractivity contribution in [3.63, 3.8) is 0 Å². The third kappa shape index (κ3) is 2.68. The second-order valence-electron chi connectivity index (χ2n) is 3.77. The Morgan fingerprint density at radius 2 is 2.36 bits per heavy atom. The number of thioether (sulfide) groups is 1. The quantitative estimate of drug-likeness (QED) is 0.844. The molecule has 0 aliphatic heterocycles. The van der Waals surface area contributed by atoms with E-state index in [2.05, 4.69) is 9.36 Å². The van der Waals surface area contributed by atoms with E-state index in [1.807, 2.05) is 18.7 Å². The Morgan fingerprint density at radius 1 is 1.50 bits per heavy atom. The molecule has 1 heterocycles. The van der Waals surface area contributed by atoms with Gasteiger partial charge in [-0.25, -0.2) is 4.98 Å². The molecule has 1 aromatic heterocycles. The van der Waals surface area contributed by atoms with Crippen LogP contribution in [0.15, 0.2) is 4.34 Å². The average Bonchev–Trinajstić information content (AvgIpc) is 2.51. The molecule has 1 saturated carbocycles. The topological polar surface area (TPSA) is 51.8 Å². The van der Waals surface area contributed by atoms with Crippen molar-refractivity contribution in [2.75, 3.05) is 0 Å². The van der Waals surface area contributed by atoms with Gasteiger partial charge in [-0.2, -0.15) is 4.37 Å². The Morgan fingerprint density at radius 3 is 3.00 bits per heavy atom. The van der Waals surface area contributed by atoms with E-state index in [9.17, 15) is 0 Å². The summed E-state index contributed by atoms with van der Waals surface area (Å²) in [7, 11) is 0. The molecule has 0 amide bonds. The number of aromatic nitrogens is 2. The Labute approximate surface area is 92.7 Å². The molecule has 5 heteroatoms. The van der Waals surface area contributed by atoms with Crippen molar-refractivity contribution in [2.24, 2.45) is 5.73 Å². The van der Waals surface area contributed by atoms with Gasteiger partial charge in [0, 0.05) is 11.3 Å². The summed E-state index contributed by atoms with van der Waals surface area (Å²) in [5.41, 5.74) is 5.94. The SMILES string of the molecule is Cc1nsc(SC2CCCC(N)C2)n1. The van der Waals surface area contributed by atoms with Crippen molar-refractivity contribution in [2.45, 2.75) is 48.2 Å². The van der Waals surface area contributed by atoms with Gasteiger partial charge in [0.2, 0.25) is 0 Å². The van der Waals surface area contributed by atoms with Gasteiger partial charge in [-0.3, -0.25) is 0 Å². The highest BCUT2D eigenvalue weighted by molar-refractivity contribution is 8.01. The normalized spacial score (nSPS) is 27.9. The van der Waals surface area contributed by atoms with Gasteiger partial charge in [-0.15, -0.1) is 0 Å². The summed E-state index contributed by atoms with van der Waals surface area (Å²) in [6, 6.07) is 0.398. The van der Waals surface area contributed by atoms with E-state index in [-0.39, 0.29) is 0 Å². The minimum atomic E-state index is 0.398. The molecule has 0 saturated heterocycles. The van der Waals surface area contributed by atoms with Crippen LogP contribution in [-0.2, 0) is 0 Å². The first-order chi connectivity index (χ1) is 6.74.